The standard InChI is InChI=1S/C17H18F4O2/c1-11-2-4-13(5-3-11)16(22)23-14-8-6-12(7-9-14)15(18)10-17(19,20)21/h2-5,10,12,14H,6-9H2,1H3/b15-10-. The Morgan fingerprint density at radius 2 is 1.70 bits per heavy atom. The van der Waals surface area contributed by atoms with Crippen LogP contribution >= 0.6 is 0 Å². The normalized spacial score (nSPS) is 22.7. The molecule has 2 nitrogen and oxygen atoms in total. The summed E-state index contributed by atoms with van der Waals surface area (Å²) in [6.07, 6.45) is -4.09. The van der Waals surface area contributed by atoms with Gasteiger partial charge < -0.3 is 4.74 Å². The number of allylic oxidation sites excluding steroid dienone is 2. The van der Waals surface area contributed by atoms with Gasteiger partial charge in [0.2, 0.25) is 0 Å². The third-order valence-corrected chi connectivity index (χ3v) is 3.93. The summed E-state index contributed by atoms with van der Waals surface area (Å²) in [6, 6.07) is 6.92. The van der Waals surface area contributed by atoms with Gasteiger partial charge in [-0.15, -0.1) is 0 Å². The first kappa shape index (κ1) is 17.5. The Kier molecular flexibility index (Phi) is 5.44. The largest absolute Gasteiger partial charge is 0.459 e. The lowest BCUT2D eigenvalue weighted by Crippen LogP contribution is -2.25. The summed E-state index contributed by atoms with van der Waals surface area (Å²) in [4.78, 5) is 12.0. The average molecular weight is 330 g/mol. The van der Waals surface area contributed by atoms with Crippen molar-refractivity contribution in [3.05, 3.63) is 47.3 Å². The first-order valence-electron chi connectivity index (χ1n) is 7.47. The average Bonchev–Trinajstić information content (AvgIpc) is 2.46. The number of hydrogen-bond acceptors (Lipinski definition) is 2. The Morgan fingerprint density at radius 1 is 1.13 bits per heavy atom. The van der Waals surface area contributed by atoms with Gasteiger partial charge in [-0.05, 0) is 44.7 Å². The number of carbonyl (C=O) groups excluding carboxylic acids is 1. The van der Waals surface area contributed by atoms with Crippen LogP contribution in [0.25, 0.3) is 0 Å². The van der Waals surface area contributed by atoms with Crippen molar-refractivity contribution in [2.75, 3.05) is 0 Å². The van der Waals surface area contributed by atoms with Gasteiger partial charge >= 0.3 is 12.1 Å². The summed E-state index contributed by atoms with van der Waals surface area (Å²) in [6.45, 7) is 1.90. The molecule has 6 heteroatoms. The van der Waals surface area contributed by atoms with Crippen molar-refractivity contribution in [2.24, 2.45) is 5.92 Å². The molecule has 0 heterocycles. The van der Waals surface area contributed by atoms with Crippen molar-refractivity contribution in [1.82, 2.24) is 0 Å². The molecular weight excluding hydrogens is 312 g/mol. The van der Waals surface area contributed by atoms with E-state index in [-0.39, 0.29) is 25.0 Å². The monoisotopic (exact) mass is 330 g/mol. The second kappa shape index (κ2) is 7.15. The molecule has 0 unspecified atom stereocenters. The summed E-state index contributed by atoms with van der Waals surface area (Å²) in [7, 11) is 0. The third-order valence-electron chi connectivity index (χ3n) is 3.93. The minimum absolute atomic E-state index is 0.240. The molecule has 1 aliphatic rings. The maximum absolute atomic E-state index is 13.5. The summed E-state index contributed by atoms with van der Waals surface area (Å²) in [5.74, 6) is -2.34. The lowest BCUT2D eigenvalue weighted by atomic mass is 9.86. The second-order valence-electron chi connectivity index (χ2n) is 5.82. The van der Waals surface area contributed by atoms with Crippen molar-refractivity contribution in [3.63, 3.8) is 0 Å². The molecule has 2 rings (SSSR count). The molecule has 0 bridgehead atoms. The van der Waals surface area contributed by atoms with Crippen molar-refractivity contribution in [3.8, 4) is 0 Å². The van der Waals surface area contributed by atoms with Crippen molar-refractivity contribution >= 4 is 5.97 Å². The number of halogens is 4. The number of carbonyl (C=O) groups is 1. The van der Waals surface area contributed by atoms with E-state index in [4.69, 9.17) is 4.74 Å². The van der Waals surface area contributed by atoms with Gasteiger partial charge in [0.1, 0.15) is 11.9 Å². The number of benzene rings is 1. The van der Waals surface area contributed by atoms with E-state index in [9.17, 15) is 22.4 Å². The number of aryl methyl sites for hydroxylation is 1. The van der Waals surface area contributed by atoms with Gasteiger partial charge in [-0.1, -0.05) is 17.7 Å². The molecule has 126 valence electrons. The van der Waals surface area contributed by atoms with Crippen LogP contribution < -0.4 is 0 Å². The molecule has 0 saturated heterocycles. The maximum atomic E-state index is 13.5. The first-order chi connectivity index (χ1) is 10.7. The molecule has 0 atom stereocenters. The summed E-state index contributed by atoms with van der Waals surface area (Å²) < 4.78 is 55.3. The molecule has 1 aromatic carbocycles. The first-order valence-corrected chi connectivity index (χ1v) is 7.47. The minimum atomic E-state index is -4.64. The number of ether oxygens (including phenoxy) is 1. The second-order valence-corrected chi connectivity index (χ2v) is 5.82. The molecule has 1 saturated carbocycles. The van der Waals surface area contributed by atoms with E-state index in [2.05, 4.69) is 0 Å². The molecule has 1 aliphatic carbocycles. The van der Waals surface area contributed by atoms with E-state index in [1.165, 1.54) is 0 Å². The van der Waals surface area contributed by atoms with Crippen LogP contribution in [-0.2, 0) is 4.74 Å². The molecule has 0 aliphatic heterocycles. The maximum Gasteiger partial charge on any atom is 0.412 e. The predicted octanol–water partition coefficient (Wildman–Crippen LogP) is 5.13. The van der Waals surface area contributed by atoms with Crippen LogP contribution in [0.3, 0.4) is 0 Å². The Labute approximate surface area is 132 Å². The van der Waals surface area contributed by atoms with E-state index in [0.717, 1.165) is 5.56 Å². The highest BCUT2D eigenvalue weighted by atomic mass is 19.4. The highest BCUT2D eigenvalue weighted by molar-refractivity contribution is 5.89. The third kappa shape index (κ3) is 5.37. The topological polar surface area (TPSA) is 26.3 Å². The summed E-state index contributed by atoms with van der Waals surface area (Å²) in [5.41, 5.74) is 1.45. The fourth-order valence-corrected chi connectivity index (χ4v) is 2.64. The smallest absolute Gasteiger partial charge is 0.412 e. The lowest BCUT2D eigenvalue weighted by molar-refractivity contribution is -0.0821. The zero-order chi connectivity index (χ0) is 17.0. The van der Waals surface area contributed by atoms with Crippen LogP contribution in [0.4, 0.5) is 17.6 Å². The number of rotatable bonds is 3. The van der Waals surface area contributed by atoms with Gasteiger partial charge in [-0.25, -0.2) is 9.18 Å². The zero-order valence-electron chi connectivity index (χ0n) is 12.7. The van der Waals surface area contributed by atoms with Crippen LogP contribution in [0.5, 0.6) is 0 Å². The predicted molar refractivity (Wildman–Crippen MR) is 77.6 cm³/mol. The Bertz CT molecular complexity index is 567. The van der Waals surface area contributed by atoms with Crippen LogP contribution in [0.15, 0.2) is 36.2 Å². The Balaban J connectivity index is 1.86. The van der Waals surface area contributed by atoms with Crippen LogP contribution in [0.1, 0.15) is 41.6 Å². The van der Waals surface area contributed by atoms with E-state index >= 15 is 0 Å². The van der Waals surface area contributed by atoms with Crippen LogP contribution in [-0.4, -0.2) is 18.2 Å². The SMILES string of the molecule is Cc1ccc(C(=O)OC2CCC(/C(F)=C/C(F)(F)F)CC2)cc1. The molecule has 1 aromatic rings. The highest BCUT2D eigenvalue weighted by Crippen LogP contribution is 2.34. The molecule has 0 spiro atoms. The Morgan fingerprint density at radius 3 is 2.22 bits per heavy atom. The summed E-state index contributed by atoms with van der Waals surface area (Å²) >= 11 is 0. The molecule has 0 radical (unpaired) electrons. The van der Waals surface area contributed by atoms with Gasteiger partial charge in [-0.2, -0.15) is 13.2 Å². The van der Waals surface area contributed by atoms with Crippen LogP contribution in [0.2, 0.25) is 0 Å². The molecule has 0 amide bonds. The van der Waals surface area contributed by atoms with E-state index in [1.807, 2.05) is 6.92 Å². The van der Waals surface area contributed by atoms with Gasteiger partial charge in [0.15, 0.2) is 0 Å². The zero-order valence-corrected chi connectivity index (χ0v) is 12.7. The quantitative estimate of drug-likeness (QED) is 0.567. The fourth-order valence-electron chi connectivity index (χ4n) is 2.64. The van der Waals surface area contributed by atoms with Gasteiger partial charge in [0, 0.05) is 5.92 Å². The fraction of sp³-hybridized carbons (Fsp3) is 0.471. The van der Waals surface area contributed by atoms with Crippen molar-refractivity contribution in [2.45, 2.75) is 44.9 Å². The lowest BCUT2D eigenvalue weighted by Gasteiger charge is -2.27. The van der Waals surface area contributed by atoms with Gasteiger partial charge in [-0.3, -0.25) is 0 Å². The number of alkyl halides is 3. The van der Waals surface area contributed by atoms with Gasteiger partial charge in [0.25, 0.3) is 0 Å². The molecule has 23 heavy (non-hydrogen) atoms. The van der Waals surface area contributed by atoms with Crippen molar-refractivity contribution in [1.29, 1.82) is 0 Å². The molecule has 1 fully saturated rings. The van der Waals surface area contributed by atoms with E-state index in [1.54, 1.807) is 24.3 Å². The molecule has 0 aromatic heterocycles. The van der Waals surface area contributed by atoms with Gasteiger partial charge in [0.05, 0.1) is 11.6 Å². The van der Waals surface area contributed by atoms with E-state index < -0.39 is 23.9 Å². The van der Waals surface area contributed by atoms with Crippen LogP contribution in [0, 0.1) is 12.8 Å². The van der Waals surface area contributed by atoms with E-state index in [0.29, 0.717) is 18.4 Å². The molecule has 0 N–H and O–H groups in total. The minimum Gasteiger partial charge on any atom is -0.459 e. The summed E-state index contributed by atoms with van der Waals surface area (Å²) in [5, 5.41) is 0. The number of hydrogen-bond donors (Lipinski definition) is 0. The highest BCUT2D eigenvalue weighted by Gasteiger charge is 2.31. The Hall–Kier alpha value is -1.85. The van der Waals surface area contributed by atoms with Crippen molar-refractivity contribution < 1.29 is 27.1 Å². The number of esters is 1. The molecular formula is C17H18F4O2.